The first-order valence-electron chi connectivity index (χ1n) is 3.91. The van der Waals surface area contributed by atoms with Crippen LogP contribution < -0.4 is 4.74 Å². The lowest BCUT2D eigenvalue weighted by atomic mass is 10.3. The molecule has 0 bridgehead atoms. The Bertz CT molecular complexity index is 283. The number of aromatic nitrogens is 1. The SMILES string of the molecule is Cc1ccnc(OCC(C)(F)F)c1. The summed E-state index contributed by atoms with van der Waals surface area (Å²) < 4.78 is 29.5. The molecule has 0 N–H and O–H groups in total. The highest BCUT2D eigenvalue weighted by Gasteiger charge is 2.22. The van der Waals surface area contributed by atoms with Crippen molar-refractivity contribution in [2.45, 2.75) is 19.8 Å². The van der Waals surface area contributed by atoms with Gasteiger partial charge in [0.05, 0.1) is 0 Å². The third-order valence-corrected chi connectivity index (χ3v) is 1.36. The lowest BCUT2D eigenvalue weighted by molar-refractivity contribution is -0.0242. The van der Waals surface area contributed by atoms with E-state index in [1.54, 1.807) is 12.1 Å². The number of rotatable bonds is 3. The number of alkyl halides is 2. The molecular weight excluding hydrogens is 176 g/mol. The molecule has 0 spiro atoms. The molecule has 0 unspecified atom stereocenters. The van der Waals surface area contributed by atoms with Gasteiger partial charge in [0.15, 0.2) is 6.61 Å². The number of aryl methyl sites for hydroxylation is 1. The third kappa shape index (κ3) is 3.83. The molecule has 2 nitrogen and oxygen atoms in total. The van der Waals surface area contributed by atoms with Crippen molar-refractivity contribution in [2.75, 3.05) is 6.61 Å². The molecule has 1 aromatic heterocycles. The molecule has 1 aromatic rings. The maximum absolute atomic E-state index is 12.4. The zero-order chi connectivity index (χ0) is 9.90. The van der Waals surface area contributed by atoms with Crippen LogP contribution in [0.3, 0.4) is 0 Å². The van der Waals surface area contributed by atoms with Crippen LogP contribution in [0.15, 0.2) is 18.3 Å². The first kappa shape index (κ1) is 9.89. The summed E-state index contributed by atoms with van der Waals surface area (Å²) in [6, 6.07) is 3.39. The Kier molecular flexibility index (Phi) is 2.80. The third-order valence-electron chi connectivity index (χ3n) is 1.36. The second-order valence-electron chi connectivity index (χ2n) is 3.03. The van der Waals surface area contributed by atoms with Crippen LogP contribution in [0.1, 0.15) is 12.5 Å². The van der Waals surface area contributed by atoms with Gasteiger partial charge in [-0.2, -0.15) is 0 Å². The molecule has 0 fully saturated rings. The molecule has 0 atom stereocenters. The molecule has 0 aromatic carbocycles. The summed E-state index contributed by atoms with van der Waals surface area (Å²) in [4.78, 5) is 3.79. The Labute approximate surface area is 75.6 Å². The molecule has 1 rings (SSSR count). The monoisotopic (exact) mass is 187 g/mol. The fraction of sp³-hybridized carbons (Fsp3) is 0.444. The van der Waals surface area contributed by atoms with Crippen LogP contribution in [-0.2, 0) is 0 Å². The van der Waals surface area contributed by atoms with Crippen LogP contribution in [0.5, 0.6) is 5.88 Å². The normalized spacial score (nSPS) is 11.4. The first-order chi connectivity index (χ1) is 5.97. The predicted molar refractivity (Wildman–Crippen MR) is 45.1 cm³/mol. The summed E-state index contributed by atoms with van der Waals surface area (Å²) in [7, 11) is 0. The number of hydrogen-bond donors (Lipinski definition) is 0. The van der Waals surface area contributed by atoms with E-state index in [1.165, 1.54) is 6.20 Å². The highest BCUT2D eigenvalue weighted by Crippen LogP contribution is 2.15. The van der Waals surface area contributed by atoms with E-state index in [0.717, 1.165) is 12.5 Å². The van der Waals surface area contributed by atoms with E-state index in [9.17, 15) is 8.78 Å². The first-order valence-corrected chi connectivity index (χ1v) is 3.91. The number of ether oxygens (including phenoxy) is 1. The lowest BCUT2D eigenvalue weighted by Gasteiger charge is -2.10. The molecule has 0 saturated carbocycles. The minimum Gasteiger partial charge on any atom is -0.471 e. The van der Waals surface area contributed by atoms with E-state index in [4.69, 9.17) is 4.74 Å². The molecule has 0 aliphatic carbocycles. The zero-order valence-corrected chi connectivity index (χ0v) is 7.55. The maximum atomic E-state index is 12.4. The second kappa shape index (κ2) is 3.68. The molecule has 0 aliphatic heterocycles. The standard InChI is InChI=1S/C9H11F2NO/c1-7-3-4-12-8(5-7)13-6-9(2,10)11/h3-5H,6H2,1-2H3. The summed E-state index contributed by atoms with van der Waals surface area (Å²) in [6.07, 6.45) is 1.53. The number of nitrogens with zero attached hydrogens (tertiary/aromatic N) is 1. The minimum atomic E-state index is -2.81. The Balaban J connectivity index is 2.55. The van der Waals surface area contributed by atoms with E-state index < -0.39 is 12.5 Å². The van der Waals surface area contributed by atoms with Gasteiger partial charge in [0.1, 0.15) is 0 Å². The van der Waals surface area contributed by atoms with E-state index in [2.05, 4.69) is 4.98 Å². The van der Waals surface area contributed by atoms with Crippen molar-refractivity contribution in [2.24, 2.45) is 0 Å². The zero-order valence-electron chi connectivity index (χ0n) is 7.55. The van der Waals surface area contributed by atoms with Crippen molar-refractivity contribution >= 4 is 0 Å². The Morgan fingerprint density at radius 2 is 2.23 bits per heavy atom. The molecule has 0 aliphatic rings. The van der Waals surface area contributed by atoms with Crippen LogP contribution >= 0.6 is 0 Å². The van der Waals surface area contributed by atoms with Crippen molar-refractivity contribution in [3.05, 3.63) is 23.9 Å². The highest BCUT2D eigenvalue weighted by molar-refractivity contribution is 5.18. The summed E-state index contributed by atoms with van der Waals surface area (Å²) in [5.41, 5.74) is 0.935. The molecule has 4 heteroatoms. The minimum absolute atomic E-state index is 0.238. The van der Waals surface area contributed by atoms with Crippen LogP contribution in [-0.4, -0.2) is 17.5 Å². The molecule has 0 radical (unpaired) electrons. The Morgan fingerprint density at radius 1 is 1.54 bits per heavy atom. The quantitative estimate of drug-likeness (QED) is 0.725. The van der Waals surface area contributed by atoms with Crippen molar-refractivity contribution in [1.82, 2.24) is 4.98 Å². The van der Waals surface area contributed by atoms with Gasteiger partial charge in [0.2, 0.25) is 5.88 Å². The van der Waals surface area contributed by atoms with Crippen LogP contribution in [0, 0.1) is 6.92 Å². The second-order valence-corrected chi connectivity index (χ2v) is 3.03. The van der Waals surface area contributed by atoms with Crippen LogP contribution in [0.2, 0.25) is 0 Å². The molecule has 1 heterocycles. The van der Waals surface area contributed by atoms with Crippen molar-refractivity contribution in [1.29, 1.82) is 0 Å². The fourth-order valence-electron chi connectivity index (χ4n) is 0.788. The van der Waals surface area contributed by atoms with Gasteiger partial charge < -0.3 is 4.74 Å². The van der Waals surface area contributed by atoms with Gasteiger partial charge in [-0.1, -0.05) is 0 Å². The van der Waals surface area contributed by atoms with Crippen molar-refractivity contribution < 1.29 is 13.5 Å². The van der Waals surface area contributed by atoms with E-state index >= 15 is 0 Å². The average molecular weight is 187 g/mol. The van der Waals surface area contributed by atoms with Gasteiger partial charge in [-0.3, -0.25) is 0 Å². The van der Waals surface area contributed by atoms with Gasteiger partial charge >= 0.3 is 0 Å². The van der Waals surface area contributed by atoms with E-state index in [-0.39, 0.29) is 5.88 Å². The van der Waals surface area contributed by atoms with Crippen LogP contribution in [0.25, 0.3) is 0 Å². The molecule has 0 amide bonds. The maximum Gasteiger partial charge on any atom is 0.278 e. The molecule has 0 saturated heterocycles. The number of hydrogen-bond acceptors (Lipinski definition) is 2. The predicted octanol–water partition coefficient (Wildman–Crippen LogP) is 2.42. The summed E-state index contributed by atoms with van der Waals surface area (Å²) in [6.45, 7) is 2.02. The molecule has 13 heavy (non-hydrogen) atoms. The van der Waals surface area contributed by atoms with Crippen LogP contribution in [0.4, 0.5) is 8.78 Å². The topological polar surface area (TPSA) is 22.1 Å². The van der Waals surface area contributed by atoms with Crippen molar-refractivity contribution in [3.8, 4) is 5.88 Å². The summed E-state index contributed by atoms with van der Waals surface area (Å²) in [5, 5.41) is 0. The van der Waals surface area contributed by atoms with Gasteiger partial charge in [-0.25, -0.2) is 13.8 Å². The van der Waals surface area contributed by atoms with Gasteiger partial charge in [-0.05, 0) is 18.6 Å². The average Bonchev–Trinajstić information content (AvgIpc) is 2.00. The van der Waals surface area contributed by atoms with E-state index in [0.29, 0.717) is 0 Å². The summed E-state index contributed by atoms with van der Waals surface area (Å²) in [5.74, 6) is -2.58. The largest absolute Gasteiger partial charge is 0.471 e. The highest BCUT2D eigenvalue weighted by atomic mass is 19.3. The van der Waals surface area contributed by atoms with E-state index in [1.807, 2.05) is 6.92 Å². The molecule has 72 valence electrons. The lowest BCUT2D eigenvalue weighted by Crippen LogP contribution is -2.21. The Morgan fingerprint density at radius 3 is 2.77 bits per heavy atom. The van der Waals surface area contributed by atoms with Gasteiger partial charge in [0, 0.05) is 19.2 Å². The van der Waals surface area contributed by atoms with Crippen molar-refractivity contribution in [3.63, 3.8) is 0 Å². The number of halogens is 2. The molecular formula is C9H11F2NO. The summed E-state index contributed by atoms with van der Waals surface area (Å²) >= 11 is 0. The number of pyridine rings is 1. The fourth-order valence-corrected chi connectivity index (χ4v) is 0.788. The Hall–Kier alpha value is -1.19. The smallest absolute Gasteiger partial charge is 0.278 e. The van der Waals surface area contributed by atoms with Gasteiger partial charge in [0.25, 0.3) is 5.92 Å². The van der Waals surface area contributed by atoms with Gasteiger partial charge in [-0.15, -0.1) is 0 Å².